The number of nitrogens with zero attached hydrogens (tertiary/aromatic N) is 1. The third-order valence-corrected chi connectivity index (χ3v) is 2.47. The second-order valence-electron chi connectivity index (χ2n) is 3.63. The van der Waals surface area contributed by atoms with Crippen LogP contribution in [0.1, 0.15) is 32.6 Å². The number of hydrogen-bond donors (Lipinski definition) is 1. The minimum absolute atomic E-state index is 0.214. The Morgan fingerprint density at radius 3 is 3.19 bits per heavy atom. The van der Waals surface area contributed by atoms with Gasteiger partial charge in [-0.25, -0.2) is 0 Å². The van der Waals surface area contributed by atoms with E-state index in [0.29, 0.717) is 37.3 Å². The van der Waals surface area contributed by atoms with Crippen molar-refractivity contribution in [2.75, 3.05) is 6.61 Å². The number of nitrogens with two attached hydrogens (primary N) is 1. The molecule has 1 heterocycles. The number of alkyl halides is 1. The van der Waals surface area contributed by atoms with Gasteiger partial charge >= 0.3 is 5.97 Å². The fourth-order valence-electron chi connectivity index (χ4n) is 1.36. The van der Waals surface area contributed by atoms with Gasteiger partial charge in [-0.15, -0.1) is 0 Å². The summed E-state index contributed by atoms with van der Waals surface area (Å²) in [5.41, 5.74) is 6.82. The Hall–Kier alpha value is -1.03. The second-order valence-corrected chi connectivity index (χ2v) is 4.13. The molecule has 4 nitrogen and oxygen atoms in total. The summed E-state index contributed by atoms with van der Waals surface area (Å²) in [5.74, 6) is -0.214. The van der Waals surface area contributed by atoms with Crippen molar-refractivity contribution in [3.63, 3.8) is 0 Å². The summed E-state index contributed by atoms with van der Waals surface area (Å²) in [6, 6.07) is 0. The third kappa shape index (κ3) is 4.23. The zero-order chi connectivity index (χ0) is 12.0. The molecular weight excluding hydrogens is 228 g/mol. The van der Waals surface area contributed by atoms with Crippen LogP contribution in [0.15, 0.2) is 16.8 Å². The lowest BCUT2D eigenvalue weighted by Gasteiger charge is -2.14. The molecule has 0 aromatic heterocycles. The highest BCUT2D eigenvalue weighted by molar-refractivity contribution is 6.22. The Labute approximate surface area is 101 Å². The number of carbonyl (C=O) groups excluding carboxylic acids is 1. The van der Waals surface area contributed by atoms with Gasteiger partial charge in [0.15, 0.2) is 0 Å². The van der Waals surface area contributed by atoms with E-state index in [1.807, 2.05) is 13.0 Å². The third-order valence-electron chi connectivity index (χ3n) is 2.19. The van der Waals surface area contributed by atoms with Gasteiger partial charge in [-0.2, -0.15) is 0 Å². The molecule has 1 aliphatic rings. The van der Waals surface area contributed by atoms with E-state index in [1.165, 1.54) is 0 Å². The van der Waals surface area contributed by atoms with Crippen molar-refractivity contribution in [2.24, 2.45) is 10.7 Å². The van der Waals surface area contributed by atoms with Crippen LogP contribution < -0.4 is 5.73 Å². The van der Waals surface area contributed by atoms with E-state index in [9.17, 15) is 4.79 Å². The number of dihydropyridines is 1. The van der Waals surface area contributed by atoms with Gasteiger partial charge in [0.05, 0.1) is 18.7 Å². The van der Waals surface area contributed by atoms with E-state index in [4.69, 9.17) is 22.1 Å². The molecule has 0 aliphatic carbocycles. The van der Waals surface area contributed by atoms with Gasteiger partial charge in [0, 0.05) is 18.5 Å². The van der Waals surface area contributed by atoms with Crippen LogP contribution >= 0.6 is 11.6 Å². The molecule has 0 fully saturated rings. The second kappa shape index (κ2) is 6.53. The summed E-state index contributed by atoms with van der Waals surface area (Å²) < 4.78 is 4.96. The van der Waals surface area contributed by atoms with Gasteiger partial charge in [0.25, 0.3) is 0 Å². The smallest absolute Gasteiger partial charge is 0.306 e. The minimum Gasteiger partial charge on any atom is -0.466 e. The van der Waals surface area contributed by atoms with Gasteiger partial charge in [0.2, 0.25) is 0 Å². The lowest BCUT2D eigenvalue weighted by molar-refractivity contribution is -0.143. The fraction of sp³-hybridized carbons (Fsp3) is 0.636. The van der Waals surface area contributed by atoms with Gasteiger partial charge in [0.1, 0.15) is 5.50 Å². The topological polar surface area (TPSA) is 64.7 Å². The summed E-state index contributed by atoms with van der Waals surface area (Å²) in [5, 5.41) is 0. The lowest BCUT2D eigenvalue weighted by atomic mass is 10.1. The van der Waals surface area contributed by atoms with Crippen molar-refractivity contribution in [1.82, 2.24) is 0 Å². The molecule has 1 atom stereocenters. The molecule has 0 radical (unpaired) electrons. The van der Waals surface area contributed by atoms with Gasteiger partial charge in [-0.3, -0.25) is 9.79 Å². The molecule has 0 saturated heterocycles. The Balaban J connectivity index is 2.37. The highest BCUT2D eigenvalue weighted by Crippen LogP contribution is 2.16. The fourth-order valence-corrected chi connectivity index (χ4v) is 1.56. The van der Waals surface area contributed by atoms with Crippen molar-refractivity contribution in [3.8, 4) is 0 Å². The average molecular weight is 245 g/mol. The predicted octanol–water partition coefficient (Wildman–Crippen LogP) is 1.97. The monoisotopic (exact) mass is 244 g/mol. The molecule has 2 N–H and O–H groups in total. The predicted molar refractivity (Wildman–Crippen MR) is 64.4 cm³/mol. The van der Waals surface area contributed by atoms with Crippen molar-refractivity contribution in [2.45, 2.75) is 38.1 Å². The molecule has 0 aromatic rings. The SMILES string of the molecule is CCCOC(=O)CCC1=NC(Cl)CC=C1N. The van der Waals surface area contributed by atoms with Crippen LogP contribution in [0.4, 0.5) is 0 Å². The average Bonchev–Trinajstić information content (AvgIpc) is 2.27. The molecule has 90 valence electrons. The zero-order valence-corrected chi connectivity index (χ0v) is 10.2. The molecule has 0 saturated carbocycles. The highest BCUT2D eigenvalue weighted by Gasteiger charge is 2.14. The van der Waals surface area contributed by atoms with Crippen molar-refractivity contribution >= 4 is 23.3 Å². The molecule has 1 unspecified atom stereocenters. The molecule has 1 aliphatic heterocycles. The van der Waals surface area contributed by atoms with Crippen LogP contribution in [-0.2, 0) is 9.53 Å². The number of allylic oxidation sites excluding steroid dienone is 1. The van der Waals surface area contributed by atoms with Gasteiger partial charge < -0.3 is 10.5 Å². The maximum atomic E-state index is 11.3. The Kier molecular flexibility index (Phi) is 5.32. The Morgan fingerprint density at radius 2 is 2.50 bits per heavy atom. The number of esters is 1. The van der Waals surface area contributed by atoms with Crippen molar-refractivity contribution in [1.29, 1.82) is 0 Å². The highest BCUT2D eigenvalue weighted by atomic mass is 35.5. The molecule has 5 heteroatoms. The van der Waals surface area contributed by atoms with Crippen molar-refractivity contribution < 1.29 is 9.53 Å². The van der Waals surface area contributed by atoms with E-state index in [1.54, 1.807) is 0 Å². The molecule has 0 spiro atoms. The van der Waals surface area contributed by atoms with Gasteiger partial charge in [-0.05, 0) is 6.42 Å². The summed E-state index contributed by atoms with van der Waals surface area (Å²) in [7, 11) is 0. The van der Waals surface area contributed by atoms with Crippen LogP contribution in [0.3, 0.4) is 0 Å². The van der Waals surface area contributed by atoms with E-state index < -0.39 is 0 Å². The summed E-state index contributed by atoms with van der Waals surface area (Å²) >= 11 is 5.87. The molecule has 16 heavy (non-hydrogen) atoms. The van der Waals surface area contributed by atoms with Crippen molar-refractivity contribution in [3.05, 3.63) is 11.8 Å². The summed E-state index contributed by atoms with van der Waals surface area (Å²) in [6.45, 7) is 2.42. The van der Waals surface area contributed by atoms with Crippen LogP contribution in [0.25, 0.3) is 0 Å². The first kappa shape index (κ1) is 13.0. The first-order chi connectivity index (χ1) is 7.63. The maximum Gasteiger partial charge on any atom is 0.306 e. The molecule has 0 aromatic carbocycles. The lowest BCUT2D eigenvalue weighted by Crippen LogP contribution is -2.19. The molecule has 0 bridgehead atoms. The quantitative estimate of drug-likeness (QED) is 0.457. The van der Waals surface area contributed by atoms with Crippen LogP contribution in [0, 0.1) is 0 Å². The first-order valence-electron chi connectivity index (χ1n) is 5.46. The van der Waals surface area contributed by atoms with Crippen LogP contribution in [0.5, 0.6) is 0 Å². The molecular formula is C11H17ClN2O2. The normalized spacial score (nSPS) is 20.0. The Morgan fingerprint density at radius 1 is 1.75 bits per heavy atom. The summed E-state index contributed by atoms with van der Waals surface area (Å²) in [4.78, 5) is 15.5. The van der Waals surface area contributed by atoms with E-state index in [-0.39, 0.29) is 11.5 Å². The maximum absolute atomic E-state index is 11.3. The van der Waals surface area contributed by atoms with E-state index in [2.05, 4.69) is 4.99 Å². The number of hydrogen-bond acceptors (Lipinski definition) is 4. The van der Waals surface area contributed by atoms with Crippen LogP contribution in [0.2, 0.25) is 0 Å². The summed E-state index contributed by atoms with van der Waals surface area (Å²) in [6.07, 6.45) is 4.12. The number of ether oxygens (including phenoxy) is 1. The Bertz CT molecular complexity index is 313. The largest absolute Gasteiger partial charge is 0.466 e. The zero-order valence-electron chi connectivity index (χ0n) is 9.41. The molecule has 1 rings (SSSR count). The first-order valence-corrected chi connectivity index (χ1v) is 5.89. The van der Waals surface area contributed by atoms with E-state index >= 15 is 0 Å². The minimum atomic E-state index is -0.256. The van der Waals surface area contributed by atoms with Crippen LogP contribution in [-0.4, -0.2) is 23.8 Å². The standard InChI is InChI=1S/C11H17ClN2O2/c1-2-7-16-11(15)6-4-9-8(13)3-5-10(12)14-9/h3,10H,2,4-7,13H2,1H3. The number of aliphatic imine (C=N–C) groups is 1. The number of carbonyl (C=O) groups is 1. The van der Waals surface area contributed by atoms with E-state index in [0.717, 1.165) is 6.42 Å². The number of halogens is 1. The number of rotatable bonds is 5. The van der Waals surface area contributed by atoms with Gasteiger partial charge in [-0.1, -0.05) is 24.6 Å². The molecule has 0 amide bonds.